The van der Waals surface area contributed by atoms with Crippen LogP contribution in [0.4, 0.5) is 0 Å². The molecule has 4 nitrogen and oxygen atoms in total. The van der Waals surface area contributed by atoms with Gasteiger partial charge in [0.25, 0.3) is 0 Å². The minimum Gasteiger partial charge on any atom is -0.490 e. The van der Waals surface area contributed by atoms with Gasteiger partial charge in [0.05, 0.1) is 13.2 Å². The van der Waals surface area contributed by atoms with Crippen molar-refractivity contribution in [1.29, 1.82) is 0 Å². The molecule has 0 unspecified atom stereocenters. The third-order valence-electron chi connectivity index (χ3n) is 3.17. The van der Waals surface area contributed by atoms with E-state index in [0.29, 0.717) is 0 Å². The molecule has 0 amide bonds. The first-order chi connectivity index (χ1) is 9.40. The van der Waals surface area contributed by atoms with Gasteiger partial charge in [0.1, 0.15) is 0 Å². The van der Waals surface area contributed by atoms with Crippen LogP contribution in [-0.4, -0.2) is 33.4 Å². The fourth-order valence-electron chi connectivity index (χ4n) is 2.10. The lowest BCUT2D eigenvalue weighted by molar-refractivity contribution is 0.297. The molecule has 0 atom stereocenters. The minimum absolute atomic E-state index is 0.744. The van der Waals surface area contributed by atoms with Gasteiger partial charge in [-0.1, -0.05) is 6.07 Å². The Bertz CT molecular complexity index is 382. The van der Waals surface area contributed by atoms with Crippen LogP contribution in [0.3, 0.4) is 0 Å². The Morgan fingerprint density at radius 1 is 1.05 bits per heavy atom. The maximum Gasteiger partial charge on any atom is 0.161 e. The van der Waals surface area contributed by atoms with Crippen molar-refractivity contribution < 1.29 is 9.47 Å². The van der Waals surface area contributed by atoms with Crippen LogP contribution in [0.5, 0.6) is 11.5 Å². The molecule has 1 heterocycles. The van der Waals surface area contributed by atoms with Crippen LogP contribution in [0.15, 0.2) is 18.2 Å². The summed E-state index contributed by atoms with van der Waals surface area (Å²) in [6.07, 6.45) is 3.36. The van der Waals surface area contributed by atoms with Gasteiger partial charge in [0.2, 0.25) is 0 Å². The molecule has 4 heteroatoms. The Morgan fingerprint density at radius 2 is 1.84 bits per heavy atom. The summed E-state index contributed by atoms with van der Waals surface area (Å²) in [5.41, 5.74) is 1.25. The summed E-state index contributed by atoms with van der Waals surface area (Å²) in [7, 11) is 1.99. The van der Waals surface area contributed by atoms with Crippen molar-refractivity contribution >= 4 is 0 Å². The normalized spacial score (nSPS) is 14.2. The van der Waals surface area contributed by atoms with E-state index in [-0.39, 0.29) is 0 Å². The van der Waals surface area contributed by atoms with E-state index < -0.39 is 0 Å². The number of hydrogen-bond acceptors (Lipinski definition) is 4. The third-order valence-corrected chi connectivity index (χ3v) is 3.17. The zero-order valence-corrected chi connectivity index (χ0v) is 11.7. The fourth-order valence-corrected chi connectivity index (χ4v) is 2.10. The summed E-state index contributed by atoms with van der Waals surface area (Å²) in [6.45, 7) is 4.52. The van der Waals surface area contributed by atoms with Gasteiger partial charge >= 0.3 is 0 Å². The van der Waals surface area contributed by atoms with Crippen molar-refractivity contribution in [2.45, 2.75) is 25.8 Å². The second kappa shape index (κ2) is 8.02. The molecule has 1 aromatic rings. The van der Waals surface area contributed by atoms with Crippen molar-refractivity contribution in [3.8, 4) is 11.5 Å². The van der Waals surface area contributed by atoms with Crippen LogP contribution in [0.1, 0.15) is 24.8 Å². The summed E-state index contributed by atoms with van der Waals surface area (Å²) in [5.74, 6) is 1.75. The standard InChI is InChI=1S/C15H24N2O2/c1-16-7-2-3-8-17-12-13-5-6-14-15(11-13)19-10-4-9-18-14/h5-6,11,16-17H,2-4,7-10,12H2,1H3. The molecule has 0 aromatic heterocycles. The third kappa shape index (κ3) is 4.73. The van der Waals surface area contributed by atoms with Gasteiger partial charge in [0, 0.05) is 13.0 Å². The van der Waals surface area contributed by atoms with Crippen molar-refractivity contribution in [3.05, 3.63) is 23.8 Å². The van der Waals surface area contributed by atoms with Crippen molar-refractivity contribution in [3.63, 3.8) is 0 Å². The fraction of sp³-hybridized carbons (Fsp3) is 0.600. The van der Waals surface area contributed by atoms with E-state index in [1.807, 2.05) is 13.1 Å². The summed E-state index contributed by atoms with van der Waals surface area (Å²) in [4.78, 5) is 0. The first-order valence-corrected chi connectivity index (χ1v) is 7.14. The highest BCUT2D eigenvalue weighted by Gasteiger charge is 2.10. The molecule has 0 radical (unpaired) electrons. The summed E-state index contributed by atoms with van der Waals surface area (Å²) in [6, 6.07) is 6.20. The molecule has 0 bridgehead atoms. The lowest BCUT2D eigenvalue weighted by atomic mass is 10.2. The highest BCUT2D eigenvalue weighted by molar-refractivity contribution is 5.43. The highest BCUT2D eigenvalue weighted by atomic mass is 16.5. The van der Waals surface area contributed by atoms with Crippen molar-refractivity contribution in [2.24, 2.45) is 0 Å². The molecule has 1 aliphatic heterocycles. The monoisotopic (exact) mass is 264 g/mol. The molecule has 0 saturated carbocycles. The predicted octanol–water partition coefficient (Wildman–Crippen LogP) is 1.94. The average molecular weight is 264 g/mol. The van der Waals surface area contributed by atoms with Crippen LogP contribution in [0, 0.1) is 0 Å². The average Bonchev–Trinajstić information content (AvgIpc) is 2.67. The van der Waals surface area contributed by atoms with Gasteiger partial charge in [0.15, 0.2) is 11.5 Å². The first-order valence-electron chi connectivity index (χ1n) is 7.14. The summed E-state index contributed by atoms with van der Waals surface area (Å²) >= 11 is 0. The lowest BCUT2D eigenvalue weighted by Crippen LogP contribution is -2.16. The first kappa shape index (κ1) is 14.2. The van der Waals surface area contributed by atoms with E-state index in [1.165, 1.54) is 18.4 Å². The van der Waals surface area contributed by atoms with Crippen LogP contribution in [-0.2, 0) is 6.54 Å². The molecule has 19 heavy (non-hydrogen) atoms. The lowest BCUT2D eigenvalue weighted by Gasteiger charge is -2.10. The molecular formula is C15H24N2O2. The Balaban J connectivity index is 1.76. The van der Waals surface area contributed by atoms with E-state index in [2.05, 4.69) is 22.8 Å². The second-order valence-electron chi connectivity index (χ2n) is 4.82. The molecule has 2 N–H and O–H groups in total. The maximum absolute atomic E-state index is 5.69. The maximum atomic E-state index is 5.69. The van der Waals surface area contributed by atoms with E-state index in [9.17, 15) is 0 Å². The zero-order chi connectivity index (χ0) is 13.3. The molecule has 0 fully saturated rings. The topological polar surface area (TPSA) is 42.5 Å². The molecule has 0 aliphatic carbocycles. The number of hydrogen-bond donors (Lipinski definition) is 2. The summed E-state index contributed by atoms with van der Waals surface area (Å²) in [5, 5.41) is 6.62. The number of rotatable bonds is 7. The Morgan fingerprint density at radius 3 is 2.68 bits per heavy atom. The van der Waals surface area contributed by atoms with Gasteiger partial charge < -0.3 is 20.1 Å². The van der Waals surface area contributed by atoms with E-state index in [0.717, 1.165) is 50.8 Å². The number of unbranched alkanes of at least 4 members (excludes halogenated alkanes) is 1. The Hall–Kier alpha value is -1.26. The van der Waals surface area contributed by atoms with Gasteiger partial charge in [-0.05, 0) is 50.7 Å². The Labute approximate surface area is 115 Å². The number of nitrogens with one attached hydrogen (secondary N) is 2. The second-order valence-corrected chi connectivity index (χ2v) is 4.82. The summed E-state index contributed by atoms with van der Waals surface area (Å²) < 4.78 is 11.3. The van der Waals surface area contributed by atoms with Crippen molar-refractivity contribution in [2.75, 3.05) is 33.4 Å². The SMILES string of the molecule is CNCCCCNCc1ccc2c(c1)OCCCO2. The predicted molar refractivity (Wildman–Crippen MR) is 76.9 cm³/mol. The highest BCUT2D eigenvalue weighted by Crippen LogP contribution is 2.30. The van der Waals surface area contributed by atoms with Gasteiger partial charge in [-0.3, -0.25) is 0 Å². The van der Waals surface area contributed by atoms with Crippen LogP contribution in [0.2, 0.25) is 0 Å². The molecule has 106 valence electrons. The Kier molecular flexibility index (Phi) is 5.98. The smallest absolute Gasteiger partial charge is 0.161 e. The number of ether oxygens (including phenoxy) is 2. The zero-order valence-electron chi connectivity index (χ0n) is 11.7. The van der Waals surface area contributed by atoms with Crippen LogP contribution < -0.4 is 20.1 Å². The molecule has 0 spiro atoms. The van der Waals surface area contributed by atoms with Gasteiger partial charge in [-0.15, -0.1) is 0 Å². The number of fused-ring (bicyclic) bond motifs is 1. The molecule has 1 aromatic carbocycles. The molecule has 1 aliphatic rings. The van der Waals surface area contributed by atoms with E-state index in [1.54, 1.807) is 0 Å². The molecule has 2 rings (SSSR count). The molecule has 0 saturated heterocycles. The van der Waals surface area contributed by atoms with E-state index in [4.69, 9.17) is 9.47 Å². The largest absolute Gasteiger partial charge is 0.490 e. The molecular weight excluding hydrogens is 240 g/mol. The van der Waals surface area contributed by atoms with Gasteiger partial charge in [-0.2, -0.15) is 0 Å². The number of benzene rings is 1. The van der Waals surface area contributed by atoms with E-state index >= 15 is 0 Å². The van der Waals surface area contributed by atoms with Crippen LogP contribution >= 0.6 is 0 Å². The van der Waals surface area contributed by atoms with Crippen LogP contribution in [0.25, 0.3) is 0 Å². The quantitative estimate of drug-likeness (QED) is 0.739. The van der Waals surface area contributed by atoms with Gasteiger partial charge in [-0.25, -0.2) is 0 Å². The minimum atomic E-state index is 0.744. The van der Waals surface area contributed by atoms with Crippen molar-refractivity contribution in [1.82, 2.24) is 10.6 Å².